The van der Waals surface area contributed by atoms with E-state index >= 15 is 0 Å². The number of rotatable bonds is 9. The Labute approximate surface area is 164 Å². The van der Waals surface area contributed by atoms with Crippen LogP contribution in [-0.4, -0.2) is 68.7 Å². The molecule has 2 unspecified atom stereocenters. The van der Waals surface area contributed by atoms with E-state index in [1.165, 1.54) is 24.8 Å². The Balaban J connectivity index is 1.37. The predicted molar refractivity (Wildman–Crippen MR) is 112 cm³/mol. The zero-order chi connectivity index (χ0) is 19.1. The van der Waals surface area contributed by atoms with Gasteiger partial charge >= 0.3 is 0 Å². The molecule has 1 aliphatic carbocycles. The first-order valence-corrected chi connectivity index (χ1v) is 10.4. The molecule has 1 heterocycles. The fourth-order valence-corrected chi connectivity index (χ4v) is 3.87. The lowest BCUT2D eigenvalue weighted by atomic mass is 10.1. The molecule has 3 rings (SSSR count). The number of likely N-dealkylation sites (N-methyl/N-ethyl adjacent to an activating group) is 1. The minimum absolute atomic E-state index is 0.632. The molecule has 1 saturated carbocycles. The van der Waals surface area contributed by atoms with Gasteiger partial charge in [-0.1, -0.05) is 30.3 Å². The van der Waals surface area contributed by atoms with E-state index in [4.69, 9.17) is 4.74 Å². The summed E-state index contributed by atoms with van der Waals surface area (Å²) in [7, 11) is 3.96. The summed E-state index contributed by atoms with van der Waals surface area (Å²) in [5.74, 6) is 2.47. The van der Waals surface area contributed by atoms with Gasteiger partial charge in [0.15, 0.2) is 5.96 Å². The summed E-state index contributed by atoms with van der Waals surface area (Å²) in [6.07, 6.45) is 3.94. The van der Waals surface area contributed by atoms with E-state index in [9.17, 15) is 0 Å². The van der Waals surface area contributed by atoms with E-state index in [-0.39, 0.29) is 0 Å². The lowest BCUT2D eigenvalue weighted by Gasteiger charge is -2.23. The molecular formula is C22H36N4O. The average Bonchev–Trinajstić information content (AvgIpc) is 3.44. The van der Waals surface area contributed by atoms with Crippen molar-refractivity contribution in [2.24, 2.45) is 16.8 Å². The van der Waals surface area contributed by atoms with E-state index in [1.54, 1.807) is 0 Å². The molecule has 2 aliphatic rings. The van der Waals surface area contributed by atoms with E-state index in [0.29, 0.717) is 12.0 Å². The normalized spacial score (nSPS) is 23.6. The van der Waals surface area contributed by atoms with E-state index in [0.717, 1.165) is 51.3 Å². The number of ether oxygens (including phenoxy) is 1. The number of benzene rings is 1. The first-order chi connectivity index (χ1) is 13.2. The van der Waals surface area contributed by atoms with Crippen molar-refractivity contribution in [3.8, 4) is 0 Å². The van der Waals surface area contributed by atoms with Crippen LogP contribution in [0.5, 0.6) is 0 Å². The zero-order valence-electron chi connectivity index (χ0n) is 17.2. The molecule has 5 nitrogen and oxygen atoms in total. The molecule has 0 bridgehead atoms. The van der Waals surface area contributed by atoms with Gasteiger partial charge in [0.05, 0.1) is 6.61 Å². The Bertz CT molecular complexity index is 587. The third-order valence-corrected chi connectivity index (χ3v) is 5.76. The van der Waals surface area contributed by atoms with Crippen molar-refractivity contribution in [1.82, 2.24) is 15.1 Å². The zero-order valence-corrected chi connectivity index (χ0v) is 17.2. The molecule has 1 aromatic carbocycles. The van der Waals surface area contributed by atoms with Crippen LogP contribution in [0.3, 0.4) is 0 Å². The molecule has 0 aromatic heterocycles. The second kappa shape index (κ2) is 10.1. The van der Waals surface area contributed by atoms with Crippen molar-refractivity contribution in [2.75, 3.05) is 46.9 Å². The van der Waals surface area contributed by atoms with Crippen molar-refractivity contribution >= 4 is 5.96 Å². The number of likely N-dealkylation sites (tertiary alicyclic amines) is 1. The molecule has 0 spiro atoms. The summed E-state index contributed by atoms with van der Waals surface area (Å²) >= 11 is 0. The summed E-state index contributed by atoms with van der Waals surface area (Å²) in [5, 5.41) is 3.57. The maximum absolute atomic E-state index is 5.75. The topological polar surface area (TPSA) is 40.1 Å². The minimum Gasteiger partial charge on any atom is -0.379 e. The minimum atomic E-state index is 0.632. The molecule has 1 aromatic rings. The summed E-state index contributed by atoms with van der Waals surface area (Å²) in [5.41, 5.74) is 1.40. The summed E-state index contributed by atoms with van der Waals surface area (Å²) in [4.78, 5) is 9.21. The standard InChI is InChI=1S/C22H36N4O/c1-18-13-21(16-26(18)15-19-7-5-4-6-8-19)14-24-22(23-2)25(3)11-12-27-17-20-9-10-20/h4-8,18,20-21H,9-17H2,1-3H3,(H,23,24). The van der Waals surface area contributed by atoms with Gasteiger partial charge in [-0.3, -0.25) is 9.89 Å². The summed E-state index contributed by atoms with van der Waals surface area (Å²) in [6, 6.07) is 11.4. The van der Waals surface area contributed by atoms with Crippen molar-refractivity contribution in [2.45, 2.75) is 38.8 Å². The predicted octanol–water partition coefficient (Wildman–Crippen LogP) is 2.83. The van der Waals surface area contributed by atoms with Crippen molar-refractivity contribution in [3.05, 3.63) is 35.9 Å². The molecule has 2 fully saturated rings. The summed E-state index contributed by atoms with van der Waals surface area (Å²) < 4.78 is 5.75. The third kappa shape index (κ3) is 6.51. The van der Waals surface area contributed by atoms with Crippen molar-refractivity contribution in [1.29, 1.82) is 0 Å². The van der Waals surface area contributed by atoms with Gasteiger partial charge in [0.1, 0.15) is 0 Å². The molecule has 27 heavy (non-hydrogen) atoms. The number of hydrogen-bond acceptors (Lipinski definition) is 3. The van der Waals surface area contributed by atoms with Gasteiger partial charge in [-0.05, 0) is 43.6 Å². The highest BCUT2D eigenvalue weighted by atomic mass is 16.5. The van der Waals surface area contributed by atoms with Gasteiger partial charge in [-0.25, -0.2) is 0 Å². The Morgan fingerprint density at radius 3 is 2.74 bits per heavy atom. The molecule has 150 valence electrons. The highest BCUT2D eigenvalue weighted by Crippen LogP contribution is 2.28. The molecule has 1 N–H and O–H groups in total. The Hall–Kier alpha value is -1.59. The maximum atomic E-state index is 5.75. The largest absolute Gasteiger partial charge is 0.379 e. The monoisotopic (exact) mass is 372 g/mol. The van der Waals surface area contributed by atoms with Crippen molar-refractivity contribution in [3.63, 3.8) is 0 Å². The quantitative estimate of drug-likeness (QED) is 0.411. The van der Waals surface area contributed by atoms with E-state index in [2.05, 4.69) is 64.4 Å². The molecule has 1 aliphatic heterocycles. The van der Waals surface area contributed by atoms with Crippen LogP contribution in [0.15, 0.2) is 35.3 Å². The Kier molecular flexibility index (Phi) is 7.53. The molecule has 0 amide bonds. The van der Waals surface area contributed by atoms with Crippen LogP contribution in [0.4, 0.5) is 0 Å². The third-order valence-electron chi connectivity index (χ3n) is 5.76. The first kappa shape index (κ1) is 20.2. The maximum Gasteiger partial charge on any atom is 0.193 e. The second-order valence-electron chi connectivity index (χ2n) is 8.23. The van der Waals surface area contributed by atoms with Gasteiger partial charge in [0.2, 0.25) is 0 Å². The molecule has 1 saturated heterocycles. The number of guanidine groups is 1. The van der Waals surface area contributed by atoms with Crippen LogP contribution >= 0.6 is 0 Å². The lowest BCUT2D eigenvalue weighted by Crippen LogP contribution is -2.42. The van der Waals surface area contributed by atoms with Crippen LogP contribution in [0.25, 0.3) is 0 Å². The van der Waals surface area contributed by atoms with Crippen LogP contribution < -0.4 is 5.32 Å². The molecular weight excluding hydrogens is 336 g/mol. The Morgan fingerprint density at radius 2 is 2.04 bits per heavy atom. The number of aliphatic imine (C=N–C) groups is 1. The molecule has 0 radical (unpaired) electrons. The fraction of sp³-hybridized carbons (Fsp3) is 0.682. The highest BCUT2D eigenvalue weighted by Gasteiger charge is 2.29. The number of nitrogens with zero attached hydrogens (tertiary/aromatic N) is 3. The lowest BCUT2D eigenvalue weighted by molar-refractivity contribution is 0.115. The first-order valence-electron chi connectivity index (χ1n) is 10.4. The second-order valence-corrected chi connectivity index (χ2v) is 8.23. The van der Waals surface area contributed by atoms with Gasteiger partial charge in [-0.2, -0.15) is 0 Å². The van der Waals surface area contributed by atoms with Gasteiger partial charge in [0.25, 0.3) is 0 Å². The number of hydrogen-bond donors (Lipinski definition) is 1. The highest BCUT2D eigenvalue weighted by molar-refractivity contribution is 5.79. The van der Waals surface area contributed by atoms with Crippen molar-refractivity contribution < 1.29 is 4.74 Å². The smallest absolute Gasteiger partial charge is 0.193 e. The SMILES string of the molecule is CN=C(NCC1CC(C)N(Cc2ccccc2)C1)N(C)CCOCC1CC1. The number of nitrogens with one attached hydrogen (secondary N) is 1. The van der Waals surface area contributed by atoms with Gasteiger partial charge in [-0.15, -0.1) is 0 Å². The van der Waals surface area contributed by atoms with Crippen LogP contribution in [0.2, 0.25) is 0 Å². The van der Waals surface area contributed by atoms with Crippen LogP contribution in [0, 0.1) is 11.8 Å². The average molecular weight is 373 g/mol. The summed E-state index contributed by atoms with van der Waals surface area (Å²) in [6.45, 7) is 8.11. The van der Waals surface area contributed by atoms with Gasteiger partial charge in [0, 0.05) is 52.9 Å². The van der Waals surface area contributed by atoms with Gasteiger partial charge < -0.3 is 15.0 Å². The van der Waals surface area contributed by atoms with E-state index in [1.807, 2.05) is 7.05 Å². The van der Waals surface area contributed by atoms with E-state index < -0.39 is 0 Å². The molecule has 5 heteroatoms. The Morgan fingerprint density at radius 1 is 1.26 bits per heavy atom. The fourth-order valence-electron chi connectivity index (χ4n) is 3.87. The molecule has 2 atom stereocenters. The van der Waals surface area contributed by atoms with Crippen LogP contribution in [-0.2, 0) is 11.3 Å². The van der Waals surface area contributed by atoms with Crippen LogP contribution in [0.1, 0.15) is 31.7 Å².